The van der Waals surface area contributed by atoms with Crippen LogP contribution >= 0.6 is 0 Å². The number of hydrogen-bond acceptors (Lipinski definition) is 4. The highest BCUT2D eigenvalue weighted by atomic mass is 16.2. The number of aryl methyl sites for hydroxylation is 2. The van der Waals surface area contributed by atoms with Crippen LogP contribution in [0.2, 0.25) is 0 Å². The molecule has 0 aliphatic heterocycles. The van der Waals surface area contributed by atoms with Crippen molar-refractivity contribution in [1.82, 2.24) is 19.9 Å². The SMILES string of the molecule is Cc1ccc(NC(=O)N(C)[C@@H](C)c2ccncn2)c(C)n1. The number of anilines is 1. The van der Waals surface area contributed by atoms with Crippen molar-refractivity contribution in [2.24, 2.45) is 0 Å². The molecular formula is C15H19N5O. The summed E-state index contributed by atoms with van der Waals surface area (Å²) in [7, 11) is 1.74. The first-order valence-electron chi connectivity index (χ1n) is 6.73. The second-order valence-electron chi connectivity index (χ2n) is 4.94. The van der Waals surface area contributed by atoms with Crippen molar-refractivity contribution in [2.45, 2.75) is 26.8 Å². The number of carbonyl (C=O) groups is 1. The summed E-state index contributed by atoms with van der Waals surface area (Å²) in [5, 5.41) is 2.87. The molecule has 0 saturated carbocycles. The van der Waals surface area contributed by atoms with Gasteiger partial charge in [-0.3, -0.25) is 4.98 Å². The predicted octanol–water partition coefficient (Wildman–Crippen LogP) is 2.71. The van der Waals surface area contributed by atoms with E-state index in [4.69, 9.17) is 0 Å². The lowest BCUT2D eigenvalue weighted by Gasteiger charge is -2.25. The van der Waals surface area contributed by atoms with Crippen molar-refractivity contribution in [3.05, 3.63) is 47.8 Å². The third-order valence-electron chi connectivity index (χ3n) is 3.40. The third kappa shape index (κ3) is 3.53. The summed E-state index contributed by atoms with van der Waals surface area (Å²) in [6.07, 6.45) is 3.14. The molecule has 1 N–H and O–H groups in total. The molecule has 0 bridgehead atoms. The Kier molecular flexibility index (Phi) is 4.47. The maximum atomic E-state index is 12.3. The maximum absolute atomic E-state index is 12.3. The van der Waals surface area contributed by atoms with Gasteiger partial charge in [-0.25, -0.2) is 14.8 Å². The van der Waals surface area contributed by atoms with Crippen LogP contribution in [0.5, 0.6) is 0 Å². The molecule has 21 heavy (non-hydrogen) atoms. The van der Waals surface area contributed by atoms with Gasteiger partial charge >= 0.3 is 6.03 Å². The van der Waals surface area contributed by atoms with Crippen LogP contribution in [-0.4, -0.2) is 32.9 Å². The van der Waals surface area contributed by atoms with Gasteiger partial charge in [-0.2, -0.15) is 0 Å². The fraction of sp³-hybridized carbons (Fsp3) is 0.333. The predicted molar refractivity (Wildman–Crippen MR) is 80.9 cm³/mol. The van der Waals surface area contributed by atoms with Gasteiger partial charge in [0.05, 0.1) is 23.1 Å². The molecule has 0 unspecified atom stereocenters. The summed E-state index contributed by atoms with van der Waals surface area (Å²) in [5.41, 5.74) is 3.23. The second-order valence-corrected chi connectivity index (χ2v) is 4.94. The number of rotatable bonds is 3. The highest BCUT2D eigenvalue weighted by Crippen LogP contribution is 2.18. The van der Waals surface area contributed by atoms with Gasteiger partial charge in [0.25, 0.3) is 0 Å². The van der Waals surface area contributed by atoms with Gasteiger partial charge in [-0.1, -0.05) is 0 Å². The van der Waals surface area contributed by atoms with Gasteiger partial charge in [0.2, 0.25) is 0 Å². The Labute approximate surface area is 124 Å². The molecule has 0 spiro atoms. The van der Waals surface area contributed by atoms with Crippen LogP contribution in [-0.2, 0) is 0 Å². The zero-order valence-electron chi connectivity index (χ0n) is 12.7. The van der Waals surface area contributed by atoms with Gasteiger partial charge in [-0.15, -0.1) is 0 Å². The molecular weight excluding hydrogens is 266 g/mol. The molecule has 0 aliphatic carbocycles. The summed E-state index contributed by atoms with van der Waals surface area (Å²) in [6, 6.07) is 5.18. The Morgan fingerprint density at radius 1 is 1.29 bits per heavy atom. The van der Waals surface area contributed by atoms with Crippen molar-refractivity contribution >= 4 is 11.7 Å². The van der Waals surface area contributed by atoms with Crippen molar-refractivity contribution in [3.8, 4) is 0 Å². The summed E-state index contributed by atoms with van der Waals surface area (Å²) in [6.45, 7) is 5.71. The van der Waals surface area contributed by atoms with Gasteiger partial charge in [0.15, 0.2) is 0 Å². The molecule has 2 amide bonds. The summed E-state index contributed by atoms with van der Waals surface area (Å²) < 4.78 is 0. The average molecular weight is 285 g/mol. The largest absolute Gasteiger partial charge is 0.322 e. The Bertz CT molecular complexity index is 629. The first kappa shape index (κ1) is 14.9. The first-order chi connectivity index (χ1) is 9.99. The molecule has 2 rings (SSSR count). The summed E-state index contributed by atoms with van der Waals surface area (Å²) in [4.78, 5) is 26.3. The van der Waals surface area contributed by atoms with E-state index in [0.717, 1.165) is 17.1 Å². The molecule has 110 valence electrons. The van der Waals surface area contributed by atoms with Crippen LogP contribution in [0.25, 0.3) is 0 Å². The molecule has 0 radical (unpaired) electrons. The van der Waals surface area contributed by atoms with Gasteiger partial charge < -0.3 is 10.2 Å². The molecule has 0 saturated heterocycles. The Morgan fingerprint density at radius 3 is 2.67 bits per heavy atom. The molecule has 0 fully saturated rings. The number of nitrogens with zero attached hydrogens (tertiary/aromatic N) is 4. The number of amides is 2. The fourth-order valence-electron chi connectivity index (χ4n) is 1.94. The average Bonchev–Trinajstić information content (AvgIpc) is 2.49. The number of carbonyl (C=O) groups excluding carboxylic acids is 1. The lowest BCUT2D eigenvalue weighted by molar-refractivity contribution is 0.207. The van der Waals surface area contributed by atoms with E-state index in [-0.39, 0.29) is 12.1 Å². The lowest BCUT2D eigenvalue weighted by atomic mass is 10.2. The molecule has 1 atom stereocenters. The summed E-state index contributed by atoms with van der Waals surface area (Å²) in [5.74, 6) is 0. The molecule has 0 aromatic carbocycles. The van der Waals surface area contributed by atoms with Crippen LogP contribution in [0.15, 0.2) is 30.7 Å². The van der Waals surface area contributed by atoms with E-state index in [9.17, 15) is 4.79 Å². The van der Waals surface area contributed by atoms with Gasteiger partial charge in [0.1, 0.15) is 6.33 Å². The summed E-state index contributed by atoms with van der Waals surface area (Å²) >= 11 is 0. The lowest BCUT2D eigenvalue weighted by Crippen LogP contribution is -2.34. The number of aromatic nitrogens is 3. The van der Waals surface area contributed by atoms with E-state index in [2.05, 4.69) is 20.3 Å². The zero-order chi connectivity index (χ0) is 15.4. The first-order valence-corrected chi connectivity index (χ1v) is 6.73. The standard InChI is InChI=1S/C15H19N5O/c1-10-5-6-13(11(2)18-10)19-15(21)20(4)12(3)14-7-8-16-9-17-14/h5-9,12H,1-4H3,(H,19,21)/t12-/m0/s1. The number of nitrogens with one attached hydrogen (secondary N) is 1. The molecule has 6 nitrogen and oxygen atoms in total. The van der Waals surface area contributed by atoms with E-state index in [1.165, 1.54) is 6.33 Å². The van der Waals surface area contributed by atoms with Crippen LogP contribution < -0.4 is 5.32 Å². The van der Waals surface area contributed by atoms with E-state index >= 15 is 0 Å². The Balaban J connectivity index is 2.09. The van der Waals surface area contributed by atoms with Crippen molar-refractivity contribution in [1.29, 1.82) is 0 Å². The van der Waals surface area contributed by atoms with Crippen LogP contribution in [0.1, 0.15) is 30.0 Å². The topological polar surface area (TPSA) is 71.0 Å². The molecule has 2 aromatic rings. The number of hydrogen-bond donors (Lipinski definition) is 1. The van der Waals surface area contributed by atoms with E-state index in [1.54, 1.807) is 24.2 Å². The highest BCUT2D eigenvalue weighted by Gasteiger charge is 2.19. The minimum absolute atomic E-state index is 0.147. The quantitative estimate of drug-likeness (QED) is 0.941. The minimum atomic E-state index is -0.199. The van der Waals surface area contributed by atoms with Crippen LogP contribution in [0.4, 0.5) is 10.5 Å². The second kappa shape index (κ2) is 6.30. The molecule has 2 aromatic heterocycles. The molecule has 2 heterocycles. The van der Waals surface area contributed by atoms with Crippen LogP contribution in [0, 0.1) is 13.8 Å². The van der Waals surface area contributed by atoms with E-state index in [1.807, 2.05) is 32.9 Å². The smallest absolute Gasteiger partial charge is 0.319 e. The number of pyridine rings is 1. The van der Waals surface area contributed by atoms with E-state index < -0.39 is 0 Å². The van der Waals surface area contributed by atoms with Crippen molar-refractivity contribution in [2.75, 3.05) is 12.4 Å². The fourth-order valence-corrected chi connectivity index (χ4v) is 1.94. The van der Waals surface area contributed by atoms with Gasteiger partial charge in [-0.05, 0) is 39.0 Å². The van der Waals surface area contributed by atoms with Crippen molar-refractivity contribution in [3.63, 3.8) is 0 Å². The van der Waals surface area contributed by atoms with E-state index in [0.29, 0.717) is 5.69 Å². The highest BCUT2D eigenvalue weighted by molar-refractivity contribution is 5.89. The van der Waals surface area contributed by atoms with Gasteiger partial charge in [0, 0.05) is 18.9 Å². The normalized spacial score (nSPS) is 11.8. The van der Waals surface area contributed by atoms with Crippen LogP contribution in [0.3, 0.4) is 0 Å². The maximum Gasteiger partial charge on any atom is 0.322 e. The zero-order valence-corrected chi connectivity index (χ0v) is 12.7. The minimum Gasteiger partial charge on any atom is -0.319 e. The molecule has 6 heteroatoms. The third-order valence-corrected chi connectivity index (χ3v) is 3.40. The molecule has 0 aliphatic rings. The number of urea groups is 1. The van der Waals surface area contributed by atoms with Crippen molar-refractivity contribution < 1.29 is 4.79 Å². The monoisotopic (exact) mass is 285 g/mol. The Morgan fingerprint density at radius 2 is 2.05 bits per heavy atom. The Hall–Kier alpha value is -2.50.